The lowest BCUT2D eigenvalue weighted by Crippen LogP contribution is -2.47. The third-order valence-electron chi connectivity index (χ3n) is 6.04. The second-order valence-corrected chi connectivity index (χ2v) is 8.81. The van der Waals surface area contributed by atoms with Crippen LogP contribution >= 0.6 is 11.6 Å². The Hall–Kier alpha value is -3.27. The average molecular weight is 520 g/mol. The zero-order valence-corrected chi connectivity index (χ0v) is 19.9. The second kappa shape index (κ2) is 10.8. The molecule has 6 nitrogen and oxygen atoms in total. The van der Waals surface area contributed by atoms with Crippen molar-refractivity contribution in [3.63, 3.8) is 0 Å². The number of nitrogens with zero attached hydrogens (tertiary/aromatic N) is 1. The topological polar surface area (TPSA) is 73.8 Å². The molecule has 1 saturated heterocycles. The van der Waals surface area contributed by atoms with Gasteiger partial charge in [0.1, 0.15) is 11.5 Å². The highest BCUT2D eigenvalue weighted by molar-refractivity contribution is 6.30. The number of nitrogens with one attached hydrogen (secondary N) is 2. The maximum absolute atomic E-state index is 13.5. The molecule has 10 heteroatoms. The van der Waals surface area contributed by atoms with Gasteiger partial charge in [-0.3, -0.25) is 4.90 Å². The van der Waals surface area contributed by atoms with Crippen LogP contribution in [0.4, 0.5) is 23.7 Å². The summed E-state index contributed by atoms with van der Waals surface area (Å²) in [5, 5.41) is 15.5. The molecule has 1 atom stereocenters. The highest BCUT2D eigenvalue weighted by Crippen LogP contribution is 2.41. The largest absolute Gasteiger partial charge is 0.457 e. The van der Waals surface area contributed by atoms with E-state index >= 15 is 0 Å². The Kier molecular flexibility index (Phi) is 7.73. The summed E-state index contributed by atoms with van der Waals surface area (Å²) in [5.41, 5.74) is -0.996. The highest BCUT2D eigenvalue weighted by atomic mass is 35.5. The number of hydrogen-bond acceptors (Lipinski definition) is 4. The van der Waals surface area contributed by atoms with E-state index < -0.39 is 23.3 Å². The maximum atomic E-state index is 13.5. The Morgan fingerprint density at radius 2 is 1.69 bits per heavy atom. The molecule has 1 unspecified atom stereocenters. The van der Waals surface area contributed by atoms with Gasteiger partial charge in [-0.05, 0) is 79.2 Å². The summed E-state index contributed by atoms with van der Waals surface area (Å²) in [6, 6.07) is 18.3. The number of hydrogen-bond donors (Lipinski definition) is 3. The van der Waals surface area contributed by atoms with Crippen LogP contribution in [0.15, 0.2) is 72.8 Å². The van der Waals surface area contributed by atoms with E-state index in [9.17, 15) is 18.0 Å². The molecule has 0 aliphatic carbocycles. The van der Waals surface area contributed by atoms with Gasteiger partial charge in [0.15, 0.2) is 0 Å². The molecule has 190 valence electrons. The van der Waals surface area contributed by atoms with Crippen molar-refractivity contribution in [2.45, 2.75) is 18.1 Å². The third-order valence-corrected chi connectivity index (χ3v) is 6.29. The molecule has 1 fully saturated rings. The van der Waals surface area contributed by atoms with E-state index in [-0.39, 0.29) is 13.2 Å². The Labute approximate surface area is 211 Å². The molecule has 36 heavy (non-hydrogen) atoms. The van der Waals surface area contributed by atoms with Crippen LogP contribution in [-0.2, 0) is 11.7 Å². The van der Waals surface area contributed by atoms with E-state index in [4.69, 9.17) is 21.4 Å². The van der Waals surface area contributed by atoms with Crippen LogP contribution < -0.4 is 20.3 Å². The van der Waals surface area contributed by atoms with Crippen LogP contribution in [0.3, 0.4) is 0 Å². The van der Waals surface area contributed by atoms with E-state index in [1.54, 1.807) is 54.6 Å². The highest BCUT2D eigenvalue weighted by Gasteiger charge is 2.48. The number of benzene rings is 3. The molecule has 3 N–H and O–H groups in total. The third kappa shape index (κ3) is 5.59. The van der Waals surface area contributed by atoms with Gasteiger partial charge >= 0.3 is 12.2 Å². The number of alkyl halides is 3. The summed E-state index contributed by atoms with van der Waals surface area (Å²) in [6.45, 7) is 0.750. The van der Waals surface area contributed by atoms with Gasteiger partial charge in [-0.2, -0.15) is 13.2 Å². The molecular formula is C26H25ClF3N3O3. The Balaban J connectivity index is 1.68. The van der Waals surface area contributed by atoms with E-state index in [0.717, 1.165) is 12.1 Å². The molecular weight excluding hydrogens is 495 g/mol. The predicted molar refractivity (Wildman–Crippen MR) is 132 cm³/mol. The van der Waals surface area contributed by atoms with Crippen LogP contribution in [0, 0.1) is 0 Å². The number of rotatable bonds is 9. The lowest BCUT2D eigenvalue weighted by Gasteiger charge is -2.38. The number of amides is 2. The van der Waals surface area contributed by atoms with Gasteiger partial charge in [-0.15, -0.1) is 0 Å². The van der Waals surface area contributed by atoms with Gasteiger partial charge < -0.3 is 20.5 Å². The summed E-state index contributed by atoms with van der Waals surface area (Å²) in [5.74, 6) is 1.11. The zero-order chi connectivity index (χ0) is 25.8. The molecule has 1 aliphatic heterocycles. The van der Waals surface area contributed by atoms with Crippen molar-refractivity contribution in [3.8, 4) is 11.5 Å². The molecule has 1 aliphatic rings. The summed E-state index contributed by atoms with van der Waals surface area (Å²) >= 11 is 5.91. The van der Waals surface area contributed by atoms with E-state index in [2.05, 4.69) is 10.6 Å². The molecule has 0 spiro atoms. The van der Waals surface area contributed by atoms with Crippen molar-refractivity contribution in [3.05, 3.63) is 88.9 Å². The number of carbonyl (C=O) groups is 1. The number of carbonyl (C=O) groups excluding carboxylic acids is 1. The first kappa shape index (κ1) is 25.8. The SMILES string of the molecule is O=C1NCC(CCNCCO)(c2cccc(C(F)(F)F)c2)N1c1ccc(Oc2ccc(Cl)cc2)cc1. The quantitative estimate of drug-likeness (QED) is 0.324. The number of anilines is 1. The van der Waals surface area contributed by atoms with Crippen LogP contribution in [0.5, 0.6) is 11.5 Å². The van der Waals surface area contributed by atoms with Gasteiger partial charge in [0.25, 0.3) is 0 Å². The molecule has 3 aromatic carbocycles. The van der Waals surface area contributed by atoms with Crippen molar-refractivity contribution in [2.75, 3.05) is 31.1 Å². The first-order valence-corrected chi connectivity index (χ1v) is 11.7. The fourth-order valence-corrected chi connectivity index (χ4v) is 4.43. The number of aliphatic hydroxyl groups is 1. The minimum Gasteiger partial charge on any atom is -0.457 e. The number of halogens is 4. The minimum atomic E-state index is -4.52. The molecule has 2 amide bonds. The van der Waals surface area contributed by atoms with Gasteiger partial charge in [0.2, 0.25) is 0 Å². The van der Waals surface area contributed by atoms with Crippen LogP contribution in [0.1, 0.15) is 17.5 Å². The molecule has 0 saturated carbocycles. The maximum Gasteiger partial charge on any atom is 0.416 e. The summed E-state index contributed by atoms with van der Waals surface area (Å²) in [4.78, 5) is 14.5. The number of urea groups is 1. The predicted octanol–water partition coefficient (Wildman–Crippen LogP) is 5.55. The van der Waals surface area contributed by atoms with E-state index in [1.807, 2.05) is 0 Å². The van der Waals surface area contributed by atoms with Crippen LogP contribution in [0.2, 0.25) is 5.02 Å². The minimum absolute atomic E-state index is 0.0768. The van der Waals surface area contributed by atoms with Crippen molar-refractivity contribution in [1.29, 1.82) is 0 Å². The zero-order valence-electron chi connectivity index (χ0n) is 19.2. The van der Waals surface area contributed by atoms with Crippen molar-refractivity contribution < 1.29 is 27.8 Å². The summed E-state index contributed by atoms with van der Waals surface area (Å²) < 4.78 is 46.4. The lowest BCUT2D eigenvalue weighted by atomic mass is 9.84. The first-order valence-electron chi connectivity index (χ1n) is 11.3. The number of aliphatic hydroxyl groups excluding tert-OH is 1. The van der Waals surface area contributed by atoms with E-state index in [1.165, 1.54) is 11.0 Å². The smallest absolute Gasteiger partial charge is 0.416 e. The Morgan fingerprint density at radius 1 is 1.03 bits per heavy atom. The monoisotopic (exact) mass is 519 g/mol. The fourth-order valence-electron chi connectivity index (χ4n) is 4.30. The van der Waals surface area contributed by atoms with Gasteiger partial charge in [0, 0.05) is 23.8 Å². The average Bonchev–Trinajstić information content (AvgIpc) is 3.20. The van der Waals surface area contributed by atoms with E-state index in [0.29, 0.717) is 47.3 Å². The lowest BCUT2D eigenvalue weighted by molar-refractivity contribution is -0.137. The standard InChI is InChI=1S/C26H25ClF3N3O3/c27-20-4-8-22(9-5-20)36-23-10-6-21(7-11-23)33-24(35)32-17-25(33,12-13-31-14-15-34)18-2-1-3-19(16-18)26(28,29)30/h1-11,16,31,34H,12-15,17H2,(H,32,35). The van der Waals surface area contributed by atoms with Gasteiger partial charge in [0.05, 0.1) is 17.7 Å². The molecule has 0 bridgehead atoms. The van der Waals surface area contributed by atoms with Crippen LogP contribution in [0.25, 0.3) is 0 Å². The molecule has 4 rings (SSSR count). The van der Waals surface area contributed by atoms with Crippen molar-refractivity contribution in [1.82, 2.24) is 10.6 Å². The van der Waals surface area contributed by atoms with Gasteiger partial charge in [-0.1, -0.05) is 23.7 Å². The van der Waals surface area contributed by atoms with Crippen molar-refractivity contribution in [2.24, 2.45) is 0 Å². The molecule has 0 radical (unpaired) electrons. The normalized spacial score (nSPS) is 17.8. The van der Waals surface area contributed by atoms with Crippen LogP contribution in [-0.4, -0.2) is 37.4 Å². The van der Waals surface area contributed by atoms with Gasteiger partial charge in [-0.25, -0.2) is 4.79 Å². The second-order valence-electron chi connectivity index (χ2n) is 8.38. The first-order chi connectivity index (χ1) is 17.2. The Bertz CT molecular complexity index is 1190. The Morgan fingerprint density at radius 3 is 2.33 bits per heavy atom. The molecule has 1 heterocycles. The fraction of sp³-hybridized carbons (Fsp3) is 0.269. The summed E-state index contributed by atoms with van der Waals surface area (Å²) in [6.07, 6.45) is -4.20. The van der Waals surface area contributed by atoms with Crippen molar-refractivity contribution >= 4 is 23.3 Å². The molecule has 3 aromatic rings. The molecule has 0 aromatic heterocycles. The number of ether oxygens (including phenoxy) is 1. The summed E-state index contributed by atoms with van der Waals surface area (Å²) in [7, 11) is 0.